The second-order valence-electron chi connectivity index (χ2n) is 27.0. The smallest absolute Gasteiger partial charge is 0.171 e. The van der Waals surface area contributed by atoms with Gasteiger partial charge in [-0.3, -0.25) is 8.80 Å². The topological polar surface area (TPSA) is 68.7 Å². The van der Waals surface area contributed by atoms with Crippen molar-refractivity contribution in [1.82, 2.24) is 18.8 Å². The first-order valence-electron chi connectivity index (χ1n) is 34.4. The maximum atomic E-state index is 15.4. The van der Waals surface area contributed by atoms with Gasteiger partial charge in [0.05, 0.1) is 33.1 Å². The van der Waals surface area contributed by atoms with Crippen molar-refractivity contribution in [2.75, 3.05) is 0 Å². The Kier molecular flexibility index (Phi) is 14.0. The molecule has 478 valence electrons. The molecule has 0 atom stereocenters. The number of benzene rings is 15. The van der Waals surface area contributed by atoms with Gasteiger partial charge < -0.3 is 9.13 Å². The van der Waals surface area contributed by atoms with Gasteiger partial charge in [-0.2, -0.15) is 0 Å². The molecule has 0 saturated heterocycles. The molecule has 0 saturated carbocycles. The van der Waals surface area contributed by atoms with Gasteiger partial charge in [0.2, 0.25) is 0 Å². The fourth-order valence-electron chi connectivity index (χ4n) is 16.2. The van der Waals surface area contributed by atoms with E-state index in [-0.39, 0.29) is 5.41 Å². The molecule has 20 rings (SSSR count). The number of hydrogen-bond acceptors (Lipinski definition) is 4. The van der Waals surface area contributed by atoms with E-state index < -0.39 is 14.3 Å². The third-order valence-electron chi connectivity index (χ3n) is 21.1. The van der Waals surface area contributed by atoms with Crippen molar-refractivity contribution in [3.05, 3.63) is 363 Å². The summed E-state index contributed by atoms with van der Waals surface area (Å²) in [6.45, 7) is 4.60. The summed E-state index contributed by atoms with van der Waals surface area (Å²) in [6, 6.07) is 122. The van der Waals surface area contributed by atoms with Crippen LogP contribution in [0.25, 0.3) is 132 Å². The average Bonchev–Trinajstić information content (AvgIpc) is 1.63. The maximum absolute atomic E-state index is 15.4. The van der Waals surface area contributed by atoms with Crippen LogP contribution < -0.4 is 31.8 Å². The Morgan fingerprint density at radius 2 is 0.644 bits per heavy atom. The van der Waals surface area contributed by atoms with Crippen molar-refractivity contribution in [3.8, 4) is 44.5 Å². The molecule has 1 aliphatic carbocycles. The van der Waals surface area contributed by atoms with Gasteiger partial charge >= 0.3 is 0 Å². The van der Waals surface area contributed by atoms with Gasteiger partial charge in [0.15, 0.2) is 14.3 Å². The number of pyridine rings is 2. The molecule has 8 heteroatoms. The van der Waals surface area contributed by atoms with Gasteiger partial charge in [-0.1, -0.05) is 293 Å². The first-order chi connectivity index (χ1) is 49.6. The van der Waals surface area contributed by atoms with Crippen LogP contribution in [0.15, 0.2) is 352 Å². The zero-order valence-corrected chi connectivity index (χ0v) is 57.3. The van der Waals surface area contributed by atoms with Crippen molar-refractivity contribution in [2.45, 2.75) is 19.3 Å². The summed E-state index contributed by atoms with van der Waals surface area (Å²) >= 11 is 0. The van der Waals surface area contributed by atoms with Crippen LogP contribution in [0.4, 0.5) is 0 Å². The summed E-state index contributed by atoms with van der Waals surface area (Å²) in [5.74, 6) is 0. The van der Waals surface area contributed by atoms with Gasteiger partial charge in [0.1, 0.15) is 11.3 Å². The van der Waals surface area contributed by atoms with Gasteiger partial charge in [0, 0.05) is 58.8 Å². The lowest BCUT2D eigenvalue weighted by Crippen LogP contribution is -2.26. The van der Waals surface area contributed by atoms with Gasteiger partial charge in [-0.25, -0.2) is 9.97 Å². The molecular weight excluding hydrogens is 1270 g/mol. The Morgan fingerprint density at radius 3 is 1.18 bits per heavy atom. The molecule has 0 spiro atoms. The number of hydrogen-bond donors (Lipinski definition) is 0. The van der Waals surface area contributed by atoms with Crippen LogP contribution >= 0.6 is 14.3 Å². The Labute approximate surface area is 584 Å². The van der Waals surface area contributed by atoms with Crippen LogP contribution in [0, 0.1) is 0 Å². The predicted octanol–water partition coefficient (Wildman–Crippen LogP) is 21.3. The number of imidazole rings is 2. The maximum Gasteiger partial charge on any atom is 0.171 e. The predicted molar refractivity (Wildman–Crippen MR) is 426 cm³/mol. The highest BCUT2D eigenvalue weighted by atomic mass is 31.2. The standard InChI is InChI=1S/C47H31N2OP.C46H33N2OP/c50-51(35-13-3-1-4-14-35,36-15-5-2-6-16-36)46-24-12-19-38-37(18-11-20-40(38)46)33-27-25-32(26-28-33)34-29-30-41-42(31-34)39-17-7-9-22-44(39)49-45-23-10-8-21-43(45)48-47(41)49;1-46(2)40-28-31(30-22-25-38-39(27-30)37-17-9-11-19-43(37)48-44-20-12-10-18-42(44)47-45(38)48)21-24-35(40)36-26-23-34(29-41(36)46)50(49,32-13-5-3-6-14-32)33-15-7-4-8-16-33/h1-31H;3-29H,1-2H3. The summed E-state index contributed by atoms with van der Waals surface area (Å²) in [4.78, 5) is 10.2. The molecule has 6 nitrogen and oxygen atoms in total. The third kappa shape index (κ3) is 9.47. The first kappa shape index (κ1) is 60.2. The summed E-state index contributed by atoms with van der Waals surface area (Å²) in [7, 11) is -6.25. The molecule has 0 bridgehead atoms. The molecule has 15 aromatic carbocycles. The number of aromatic nitrogens is 4. The minimum atomic E-state index is -3.15. The van der Waals surface area contributed by atoms with E-state index in [1.165, 1.54) is 54.9 Å². The normalized spacial score (nSPS) is 12.8. The van der Waals surface area contributed by atoms with Crippen LogP contribution in [0.5, 0.6) is 0 Å². The molecule has 19 aromatic rings. The molecule has 0 unspecified atom stereocenters. The molecular formula is C93H64N4O2P2. The summed E-state index contributed by atoms with van der Waals surface area (Å²) in [5, 5.41) is 14.3. The summed E-state index contributed by atoms with van der Waals surface area (Å²) in [5.41, 5.74) is 20.1. The Morgan fingerprint density at radius 1 is 0.257 bits per heavy atom. The Hall–Kier alpha value is -12.0. The molecule has 0 radical (unpaired) electrons. The number of rotatable bonds is 9. The average molecular weight is 1330 g/mol. The van der Waals surface area contributed by atoms with E-state index >= 15 is 9.13 Å². The number of para-hydroxylation sites is 6. The fraction of sp³-hybridized carbons (Fsp3) is 0.0323. The highest BCUT2D eigenvalue weighted by molar-refractivity contribution is 7.86. The molecule has 0 N–H and O–H groups in total. The van der Waals surface area contributed by atoms with Crippen molar-refractivity contribution in [2.24, 2.45) is 0 Å². The molecule has 0 aliphatic heterocycles. The Balaban J connectivity index is 0.000000140. The van der Waals surface area contributed by atoms with Crippen molar-refractivity contribution in [3.63, 3.8) is 0 Å². The highest BCUT2D eigenvalue weighted by Gasteiger charge is 2.39. The number of nitrogens with zero attached hydrogens (tertiary/aromatic N) is 4. The van der Waals surface area contributed by atoms with E-state index in [2.05, 4.69) is 235 Å². The van der Waals surface area contributed by atoms with Gasteiger partial charge in [-0.15, -0.1) is 0 Å². The van der Waals surface area contributed by atoms with Crippen LogP contribution in [0.3, 0.4) is 0 Å². The van der Waals surface area contributed by atoms with E-state index in [4.69, 9.17) is 9.97 Å². The van der Waals surface area contributed by atoms with E-state index in [9.17, 15) is 0 Å². The zero-order valence-electron chi connectivity index (χ0n) is 55.5. The van der Waals surface area contributed by atoms with Gasteiger partial charge in [0.25, 0.3) is 0 Å². The van der Waals surface area contributed by atoms with E-state index in [1.807, 2.05) is 140 Å². The fourth-order valence-corrected chi connectivity index (χ4v) is 21.7. The quantitative estimate of drug-likeness (QED) is 0.107. The van der Waals surface area contributed by atoms with Crippen LogP contribution in [0.2, 0.25) is 0 Å². The van der Waals surface area contributed by atoms with Crippen molar-refractivity contribution >= 4 is 134 Å². The van der Waals surface area contributed by atoms with Crippen LogP contribution in [-0.4, -0.2) is 18.8 Å². The molecule has 0 amide bonds. The second-order valence-corrected chi connectivity index (χ2v) is 32.5. The minimum Gasteiger partial charge on any atom is -0.309 e. The van der Waals surface area contributed by atoms with Crippen LogP contribution in [0.1, 0.15) is 25.0 Å². The summed E-state index contributed by atoms with van der Waals surface area (Å²) in [6.07, 6.45) is 0. The highest BCUT2D eigenvalue weighted by Crippen LogP contribution is 2.53. The van der Waals surface area contributed by atoms with Crippen molar-refractivity contribution in [1.29, 1.82) is 0 Å². The Bertz CT molecular complexity index is 6580. The monoisotopic (exact) mass is 1330 g/mol. The van der Waals surface area contributed by atoms with Crippen molar-refractivity contribution < 1.29 is 9.13 Å². The molecule has 1 aliphatic rings. The number of fused-ring (bicyclic) bond motifs is 20. The molecule has 4 aromatic heterocycles. The lowest BCUT2D eigenvalue weighted by molar-refractivity contribution is 0.591. The van der Waals surface area contributed by atoms with E-state index in [0.717, 1.165) is 120 Å². The zero-order chi connectivity index (χ0) is 67.6. The van der Waals surface area contributed by atoms with E-state index in [0.29, 0.717) is 0 Å². The second kappa shape index (κ2) is 23.6. The lowest BCUT2D eigenvalue weighted by Gasteiger charge is -2.25. The van der Waals surface area contributed by atoms with E-state index in [1.54, 1.807) is 0 Å². The molecule has 4 heterocycles. The van der Waals surface area contributed by atoms with Crippen LogP contribution in [-0.2, 0) is 14.5 Å². The third-order valence-corrected chi connectivity index (χ3v) is 27.3. The lowest BCUT2D eigenvalue weighted by atomic mass is 9.81. The largest absolute Gasteiger partial charge is 0.309 e. The summed E-state index contributed by atoms with van der Waals surface area (Å²) < 4.78 is 35.2. The SMILES string of the molecule is CC1(C)c2cc(-c3ccc4c(c3)c3ccccc3n3c5ccccc5nc43)ccc2-c2ccc(P(=O)(c3ccccc3)c3ccccc3)cc21.O=P(c1ccccc1)(c1ccccc1)c1cccc2c(-c3ccc(-c4ccc5c(c4)c4ccccc4n4c6ccccc6nc54)cc3)cccc12. The molecule has 101 heavy (non-hydrogen) atoms. The van der Waals surface area contributed by atoms with Gasteiger partial charge in [-0.05, 0) is 150 Å². The minimum absolute atomic E-state index is 0.277. The first-order valence-corrected chi connectivity index (χ1v) is 37.8. The molecule has 0 fully saturated rings.